The second kappa shape index (κ2) is 5.94. The maximum absolute atomic E-state index is 10.6. The van der Waals surface area contributed by atoms with Crippen molar-refractivity contribution < 1.29 is 21.9 Å². The minimum atomic E-state index is 0. The summed E-state index contributed by atoms with van der Waals surface area (Å²) in [5, 5.41) is 0. The summed E-state index contributed by atoms with van der Waals surface area (Å²) in [5.74, 6) is 0.637. The van der Waals surface area contributed by atoms with Crippen LogP contribution in [0.1, 0.15) is 26.2 Å². The Kier molecular flexibility index (Phi) is 7.62. The molecular formula is C8H14FeO. The molecule has 0 saturated heterocycles. The quantitative estimate of drug-likeness (QED) is 0.447. The molecule has 0 N–H and O–H groups in total. The van der Waals surface area contributed by atoms with Gasteiger partial charge in [-0.05, 0) is 6.92 Å². The minimum absolute atomic E-state index is 0. The van der Waals surface area contributed by atoms with E-state index >= 15 is 0 Å². The van der Waals surface area contributed by atoms with E-state index in [1.54, 1.807) is 6.92 Å². The van der Waals surface area contributed by atoms with E-state index in [1.165, 1.54) is 6.42 Å². The molecule has 10 heavy (non-hydrogen) atoms. The number of hydrogen-bond donors (Lipinski definition) is 0. The number of carbonyl (C=O) groups excluding carboxylic acids is 1. The molecule has 0 aromatic rings. The van der Waals surface area contributed by atoms with Gasteiger partial charge in [-0.3, -0.25) is 0 Å². The van der Waals surface area contributed by atoms with Crippen LogP contribution in [-0.2, 0) is 21.9 Å². The van der Waals surface area contributed by atoms with E-state index in [-0.39, 0.29) is 24.5 Å². The van der Waals surface area contributed by atoms with Gasteiger partial charge in [-0.25, -0.2) is 0 Å². The maximum atomic E-state index is 10.6. The Bertz CT molecular complexity index is 95.4. The topological polar surface area (TPSA) is 17.1 Å². The van der Waals surface area contributed by atoms with E-state index < -0.39 is 0 Å². The van der Waals surface area contributed by atoms with E-state index in [1.807, 2.05) is 0 Å². The Morgan fingerprint density at radius 3 is 2.40 bits per heavy atom. The van der Waals surface area contributed by atoms with Crippen molar-refractivity contribution in [1.29, 1.82) is 0 Å². The molecule has 0 radical (unpaired) electrons. The maximum Gasteiger partial charge on any atom is 2.00 e. The van der Waals surface area contributed by atoms with Gasteiger partial charge in [0.15, 0.2) is 0 Å². The second-order valence-electron chi connectivity index (χ2n) is 2.38. The molecule has 1 aliphatic carbocycles. The summed E-state index contributed by atoms with van der Waals surface area (Å²) in [5.41, 5.74) is 0. The van der Waals surface area contributed by atoms with Crippen LogP contribution in [0.3, 0.4) is 0 Å². The summed E-state index contributed by atoms with van der Waals surface area (Å²) in [6, 6.07) is 0. The van der Waals surface area contributed by atoms with Crippen LogP contribution >= 0.6 is 0 Å². The Hall–Kier alpha value is 0.189. The van der Waals surface area contributed by atoms with E-state index in [4.69, 9.17) is 0 Å². The van der Waals surface area contributed by atoms with Crippen molar-refractivity contribution in [3.05, 3.63) is 13.8 Å². The van der Waals surface area contributed by atoms with Crippen LogP contribution in [0.5, 0.6) is 0 Å². The van der Waals surface area contributed by atoms with Crippen molar-refractivity contribution in [3.63, 3.8) is 0 Å². The van der Waals surface area contributed by atoms with Gasteiger partial charge in [-0.1, -0.05) is 12.8 Å². The zero-order chi connectivity index (χ0) is 5.98. The molecule has 0 aromatic heterocycles. The Morgan fingerprint density at radius 1 is 1.60 bits per heavy atom. The standard InChI is InChI=1S/C7H11O.CH3.Fe/c1-6(8)7-4-2-3-5-7;;/h4,7H,2-3,5H2,1H3;1H3;/q2*-1;+2/t7-;;/m0../s1. The Morgan fingerprint density at radius 2 is 2.20 bits per heavy atom. The first-order valence-corrected chi connectivity index (χ1v) is 3.14. The summed E-state index contributed by atoms with van der Waals surface area (Å²) in [6.07, 6.45) is 5.58. The first kappa shape index (κ1) is 12.8. The molecule has 1 saturated carbocycles. The van der Waals surface area contributed by atoms with Crippen molar-refractivity contribution >= 4 is 5.78 Å². The second-order valence-corrected chi connectivity index (χ2v) is 2.38. The summed E-state index contributed by atoms with van der Waals surface area (Å²) < 4.78 is 0. The van der Waals surface area contributed by atoms with Gasteiger partial charge in [0.1, 0.15) is 5.78 Å². The normalized spacial score (nSPS) is 22.7. The SMILES string of the molecule is CC(=O)[C@H]1[CH-]CCC1.[CH3-].[Fe+2]. The smallest absolute Gasteiger partial charge is 0.358 e. The number of carbonyl (C=O) groups is 1. The third-order valence-electron chi connectivity index (χ3n) is 1.69. The molecule has 0 amide bonds. The molecular weight excluding hydrogens is 168 g/mol. The van der Waals surface area contributed by atoms with Gasteiger partial charge in [-0.2, -0.15) is 6.42 Å². The Labute approximate surface area is 74.1 Å². The minimum Gasteiger partial charge on any atom is -0.358 e. The first-order valence-electron chi connectivity index (χ1n) is 3.14. The third-order valence-corrected chi connectivity index (χ3v) is 1.69. The van der Waals surface area contributed by atoms with Crippen LogP contribution in [0.2, 0.25) is 0 Å². The number of rotatable bonds is 1. The zero-order valence-corrected chi connectivity index (χ0v) is 7.64. The van der Waals surface area contributed by atoms with Gasteiger partial charge >= 0.3 is 17.1 Å². The van der Waals surface area contributed by atoms with Gasteiger partial charge in [0.25, 0.3) is 0 Å². The Balaban J connectivity index is 0. The zero-order valence-electron chi connectivity index (χ0n) is 6.54. The molecule has 0 aliphatic heterocycles. The first-order chi connectivity index (χ1) is 3.80. The molecule has 1 aliphatic rings. The van der Waals surface area contributed by atoms with E-state index in [0.717, 1.165) is 12.8 Å². The van der Waals surface area contributed by atoms with Gasteiger partial charge in [0, 0.05) is 0 Å². The van der Waals surface area contributed by atoms with Gasteiger partial charge < -0.3 is 18.6 Å². The van der Waals surface area contributed by atoms with Crippen LogP contribution in [0.25, 0.3) is 0 Å². The predicted octanol–water partition coefficient (Wildman–Crippen LogP) is 2.03. The summed E-state index contributed by atoms with van der Waals surface area (Å²) in [6.45, 7) is 1.67. The molecule has 60 valence electrons. The van der Waals surface area contributed by atoms with E-state index in [9.17, 15) is 4.79 Å². The summed E-state index contributed by atoms with van der Waals surface area (Å²) in [7, 11) is 0. The molecule has 1 fully saturated rings. The van der Waals surface area contributed by atoms with Crippen molar-refractivity contribution in [2.24, 2.45) is 5.92 Å². The molecule has 2 heteroatoms. The average Bonchev–Trinajstić information content (AvgIpc) is 2.12. The largest absolute Gasteiger partial charge is 2.00 e. The van der Waals surface area contributed by atoms with Gasteiger partial charge in [-0.15, -0.1) is 5.92 Å². The van der Waals surface area contributed by atoms with Gasteiger partial charge in [0.05, 0.1) is 0 Å². The van der Waals surface area contributed by atoms with Crippen molar-refractivity contribution in [2.75, 3.05) is 0 Å². The molecule has 1 nitrogen and oxygen atoms in total. The van der Waals surface area contributed by atoms with E-state index in [2.05, 4.69) is 6.42 Å². The number of ketones is 1. The fourth-order valence-corrected chi connectivity index (χ4v) is 1.14. The van der Waals surface area contributed by atoms with E-state index in [0.29, 0.717) is 11.7 Å². The molecule has 0 unspecified atom stereocenters. The predicted molar refractivity (Wildman–Crippen MR) is 38.7 cm³/mol. The molecule has 1 atom stereocenters. The van der Waals surface area contributed by atoms with Gasteiger partial charge in [0.2, 0.25) is 0 Å². The van der Waals surface area contributed by atoms with Crippen molar-refractivity contribution in [3.8, 4) is 0 Å². The van der Waals surface area contributed by atoms with Crippen LogP contribution in [0, 0.1) is 19.8 Å². The average molecular weight is 182 g/mol. The van der Waals surface area contributed by atoms with Crippen LogP contribution in [-0.4, -0.2) is 5.78 Å². The molecule has 1 rings (SSSR count). The fraction of sp³-hybridized carbons (Fsp3) is 0.625. The van der Waals surface area contributed by atoms with Crippen LogP contribution in [0.4, 0.5) is 0 Å². The van der Waals surface area contributed by atoms with Crippen molar-refractivity contribution in [2.45, 2.75) is 26.2 Å². The summed E-state index contributed by atoms with van der Waals surface area (Å²) in [4.78, 5) is 10.6. The number of hydrogen-bond acceptors (Lipinski definition) is 1. The van der Waals surface area contributed by atoms with Crippen LogP contribution in [0.15, 0.2) is 0 Å². The molecule has 0 bridgehead atoms. The monoisotopic (exact) mass is 182 g/mol. The fourth-order valence-electron chi connectivity index (χ4n) is 1.14. The summed E-state index contributed by atoms with van der Waals surface area (Å²) >= 11 is 0. The molecule has 0 heterocycles. The molecule has 0 spiro atoms. The van der Waals surface area contributed by atoms with Crippen LogP contribution < -0.4 is 0 Å². The third kappa shape index (κ3) is 3.38. The number of Topliss-reactive ketones (excluding diaryl/α,β-unsaturated/α-hetero) is 1. The van der Waals surface area contributed by atoms with Crippen molar-refractivity contribution in [1.82, 2.24) is 0 Å². The molecule has 0 aromatic carbocycles.